The van der Waals surface area contributed by atoms with Crippen LogP contribution in [0, 0.1) is 0 Å². The van der Waals surface area contributed by atoms with Crippen molar-refractivity contribution in [2.24, 2.45) is 0 Å². The third-order valence-electron chi connectivity index (χ3n) is 3.45. The van der Waals surface area contributed by atoms with Crippen molar-refractivity contribution >= 4 is 39.5 Å². The fourth-order valence-corrected chi connectivity index (χ4v) is 3.41. The highest BCUT2D eigenvalue weighted by Crippen LogP contribution is 2.17. The highest BCUT2D eigenvalue weighted by Gasteiger charge is 2.18. The van der Waals surface area contributed by atoms with Gasteiger partial charge in [-0.2, -0.15) is 0 Å². The van der Waals surface area contributed by atoms with Crippen molar-refractivity contribution in [3.63, 3.8) is 0 Å². The summed E-state index contributed by atoms with van der Waals surface area (Å²) in [6.07, 6.45) is 2.90. The number of benzene rings is 2. The zero-order valence-corrected chi connectivity index (χ0v) is 15.3. The van der Waals surface area contributed by atoms with E-state index in [-0.39, 0.29) is 16.2 Å². The molecule has 0 saturated heterocycles. The number of carbonyl (C=O) groups excluding carboxylic acids is 2. The maximum atomic E-state index is 12.2. The summed E-state index contributed by atoms with van der Waals surface area (Å²) in [7, 11) is -4.03. The Morgan fingerprint density at radius 3 is 2.31 bits per heavy atom. The summed E-state index contributed by atoms with van der Waals surface area (Å²) in [5.41, 5.74) is 0.961. The fraction of sp³-hybridized carbons (Fsp3) is 0.111. The first-order valence-corrected chi connectivity index (χ1v) is 9.37. The molecule has 1 atom stereocenters. The van der Waals surface area contributed by atoms with Gasteiger partial charge in [-0.05, 0) is 55.0 Å². The predicted molar refractivity (Wildman–Crippen MR) is 96.0 cm³/mol. The molecule has 6 nitrogen and oxygen atoms in total. The molecule has 0 fully saturated rings. The molecule has 0 heterocycles. The summed E-state index contributed by atoms with van der Waals surface area (Å²) in [6.45, 7) is 1.16. The lowest BCUT2D eigenvalue weighted by molar-refractivity contribution is -0.307. The first kappa shape index (κ1) is 19.8. The minimum atomic E-state index is -4.03. The van der Waals surface area contributed by atoms with Gasteiger partial charge in [0.25, 0.3) is 0 Å². The van der Waals surface area contributed by atoms with Crippen molar-refractivity contribution in [1.29, 1.82) is 0 Å². The average molecular weight is 393 g/mol. The van der Waals surface area contributed by atoms with Crippen LogP contribution in [0.4, 0.5) is 0 Å². The average Bonchev–Trinajstić information content (AvgIpc) is 2.60. The minimum Gasteiger partial charge on any atom is -0.548 e. The van der Waals surface area contributed by atoms with Crippen LogP contribution in [0.5, 0.6) is 0 Å². The Morgan fingerprint density at radius 1 is 1.12 bits per heavy atom. The maximum absolute atomic E-state index is 12.2. The number of sulfonamides is 1. The summed E-state index contributed by atoms with van der Waals surface area (Å²) in [4.78, 5) is 22.7. The van der Waals surface area contributed by atoms with Gasteiger partial charge in [0, 0.05) is 10.6 Å². The molecule has 2 aromatic rings. The molecule has 0 saturated carbocycles. The lowest BCUT2D eigenvalue weighted by Crippen LogP contribution is -2.45. The number of halogens is 1. The van der Waals surface area contributed by atoms with Crippen LogP contribution in [0.3, 0.4) is 0 Å². The molecule has 0 aliphatic carbocycles. The molecule has 2 rings (SSSR count). The largest absolute Gasteiger partial charge is 0.548 e. The van der Waals surface area contributed by atoms with E-state index in [1.807, 2.05) is 4.72 Å². The van der Waals surface area contributed by atoms with E-state index < -0.39 is 22.0 Å². The lowest BCUT2D eigenvalue weighted by Gasteiger charge is -2.14. The van der Waals surface area contributed by atoms with E-state index in [9.17, 15) is 23.1 Å². The molecule has 136 valence electrons. The number of ketones is 1. The van der Waals surface area contributed by atoms with Crippen LogP contribution in [-0.4, -0.2) is 26.2 Å². The van der Waals surface area contributed by atoms with Gasteiger partial charge in [0.2, 0.25) is 10.0 Å². The second-order valence-corrected chi connectivity index (χ2v) is 7.53. The molecule has 26 heavy (non-hydrogen) atoms. The van der Waals surface area contributed by atoms with Crippen LogP contribution in [-0.2, 0) is 14.8 Å². The number of hydrogen-bond donors (Lipinski definition) is 1. The fourth-order valence-electron chi connectivity index (χ4n) is 2.02. The Labute approximate surface area is 156 Å². The Hall–Kier alpha value is -2.48. The number of aliphatic carboxylic acids is 1. The van der Waals surface area contributed by atoms with Gasteiger partial charge in [-0.25, -0.2) is 13.1 Å². The van der Waals surface area contributed by atoms with Crippen LogP contribution in [0.2, 0.25) is 5.02 Å². The summed E-state index contributed by atoms with van der Waals surface area (Å²) in [5, 5.41) is 11.2. The Morgan fingerprint density at radius 2 is 1.73 bits per heavy atom. The number of carboxylic acid groups (broad SMARTS) is 1. The second-order valence-electron chi connectivity index (χ2n) is 5.41. The van der Waals surface area contributed by atoms with Gasteiger partial charge in [0.15, 0.2) is 5.78 Å². The molecule has 2 aromatic carbocycles. The van der Waals surface area contributed by atoms with E-state index in [4.69, 9.17) is 11.6 Å². The smallest absolute Gasteiger partial charge is 0.241 e. The minimum absolute atomic E-state index is 0.155. The molecule has 0 aliphatic heterocycles. The third-order valence-corrected chi connectivity index (χ3v) is 5.35. The van der Waals surface area contributed by atoms with Crippen LogP contribution in [0.15, 0.2) is 59.5 Å². The monoisotopic (exact) mass is 392 g/mol. The number of carbonyl (C=O) groups is 2. The van der Waals surface area contributed by atoms with Gasteiger partial charge in [0.1, 0.15) is 0 Å². The van der Waals surface area contributed by atoms with Crippen LogP contribution in [0.25, 0.3) is 6.08 Å². The topological polar surface area (TPSA) is 103 Å². The van der Waals surface area contributed by atoms with Crippen LogP contribution in [0.1, 0.15) is 22.8 Å². The van der Waals surface area contributed by atoms with E-state index in [0.717, 1.165) is 6.92 Å². The Kier molecular flexibility index (Phi) is 6.31. The normalized spacial score (nSPS) is 12.8. The molecular formula is C18H15ClNO5S-. The van der Waals surface area contributed by atoms with Crippen molar-refractivity contribution in [1.82, 2.24) is 4.72 Å². The predicted octanol–water partition coefficient (Wildman–Crippen LogP) is 1.65. The van der Waals surface area contributed by atoms with E-state index in [1.54, 1.807) is 30.3 Å². The summed E-state index contributed by atoms with van der Waals surface area (Å²) in [6, 6.07) is 10.8. The van der Waals surface area contributed by atoms with Crippen molar-refractivity contribution in [2.75, 3.05) is 0 Å². The maximum Gasteiger partial charge on any atom is 0.241 e. The van der Waals surface area contributed by atoms with E-state index in [1.165, 1.54) is 30.3 Å². The first-order chi connectivity index (χ1) is 12.2. The molecule has 0 radical (unpaired) electrons. The molecule has 0 unspecified atom stereocenters. The van der Waals surface area contributed by atoms with Crippen LogP contribution >= 0.6 is 11.6 Å². The summed E-state index contributed by atoms with van der Waals surface area (Å²) >= 11 is 6.01. The van der Waals surface area contributed by atoms with Crippen molar-refractivity contribution in [3.05, 3.63) is 70.8 Å². The molecule has 0 aliphatic rings. The zero-order chi connectivity index (χ0) is 19.3. The summed E-state index contributed by atoms with van der Waals surface area (Å²) < 4.78 is 26.1. The highest BCUT2D eigenvalue weighted by atomic mass is 35.5. The number of rotatable bonds is 7. The lowest BCUT2D eigenvalue weighted by atomic mass is 10.1. The molecule has 0 amide bonds. The third kappa shape index (κ3) is 5.01. The van der Waals surface area contributed by atoms with Crippen molar-refractivity contribution in [2.45, 2.75) is 17.9 Å². The van der Waals surface area contributed by atoms with E-state index >= 15 is 0 Å². The molecule has 0 bridgehead atoms. The quantitative estimate of drug-likeness (QED) is 0.570. The van der Waals surface area contributed by atoms with E-state index in [2.05, 4.69) is 0 Å². The molecule has 1 N–H and O–H groups in total. The zero-order valence-electron chi connectivity index (χ0n) is 13.7. The highest BCUT2D eigenvalue weighted by molar-refractivity contribution is 7.89. The Balaban J connectivity index is 2.15. The molecule has 0 aromatic heterocycles. The van der Waals surface area contributed by atoms with Gasteiger partial charge < -0.3 is 9.90 Å². The van der Waals surface area contributed by atoms with Crippen molar-refractivity contribution in [3.8, 4) is 0 Å². The van der Waals surface area contributed by atoms with Gasteiger partial charge in [-0.15, -0.1) is 0 Å². The van der Waals surface area contributed by atoms with Crippen LogP contribution < -0.4 is 9.83 Å². The first-order valence-electron chi connectivity index (χ1n) is 7.51. The number of allylic oxidation sites excluding steroid dienone is 1. The van der Waals surface area contributed by atoms with E-state index in [0.29, 0.717) is 10.6 Å². The van der Waals surface area contributed by atoms with Gasteiger partial charge in [0.05, 0.1) is 16.9 Å². The number of nitrogens with one attached hydrogen (secondary N) is 1. The van der Waals surface area contributed by atoms with Crippen molar-refractivity contribution < 1.29 is 23.1 Å². The second kappa shape index (κ2) is 8.27. The summed E-state index contributed by atoms with van der Waals surface area (Å²) in [5.74, 6) is -1.87. The molecular weight excluding hydrogens is 378 g/mol. The molecule has 0 spiro atoms. The van der Waals surface area contributed by atoms with Gasteiger partial charge in [-0.1, -0.05) is 29.8 Å². The number of hydrogen-bond acceptors (Lipinski definition) is 5. The van der Waals surface area contributed by atoms with Gasteiger partial charge in [-0.3, -0.25) is 4.79 Å². The molecule has 8 heteroatoms. The number of carboxylic acids is 1. The van der Waals surface area contributed by atoms with Gasteiger partial charge >= 0.3 is 0 Å². The standard InChI is InChI=1S/C18H16ClNO5S/c1-12(18(22)23)20-26(24,25)15-9-6-14(7-10-15)17(21)11-8-13-4-2-3-5-16(13)19/h2-12,20H,1H3,(H,22,23)/p-1/b11-8+/t12-/m0/s1. The SMILES string of the molecule is C[C@H](NS(=O)(=O)c1ccc(C(=O)/C=C/c2ccccc2Cl)cc1)C(=O)[O-]. The Bertz CT molecular complexity index is 952.